The zero-order chi connectivity index (χ0) is 16.8. The number of ether oxygens (including phenoxy) is 2. The van der Waals surface area contributed by atoms with Crippen LogP contribution in [-0.2, 0) is 44.0 Å². The smallest absolute Gasteiger partial charge is 0.256 e. The molecule has 0 amide bonds. The summed E-state index contributed by atoms with van der Waals surface area (Å²) in [4.78, 5) is 12.1. The first-order valence-electron chi connectivity index (χ1n) is 7.15. The van der Waals surface area contributed by atoms with Gasteiger partial charge in [0.05, 0.1) is 13.2 Å². The van der Waals surface area contributed by atoms with Gasteiger partial charge in [0, 0.05) is 39.8 Å². The minimum absolute atomic E-state index is 0. The SMILES string of the molecule is COCCOc1ccc(-c2[c-]cc(C)c(=O)n2CC(F)F)cc1.[Y]. The molecule has 1 radical (unpaired) electrons. The molecule has 0 bridgehead atoms. The van der Waals surface area contributed by atoms with Gasteiger partial charge in [-0.25, -0.2) is 8.78 Å². The van der Waals surface area contributed by atoms with Crippen molar-refractivity contribution < 1.29 is 51.0 Å². The second-order valence-corrected chi connectivity index (χ2v) is 4.99. The molecule has 2 aromatic rings. The van der Waals surface area contributed by atoms with Gasteiger partial charge >= 0.3 is 0 Å². The van der Waals surface area contributed by atoms with Gasteiger partial charge in [-0.05, 0) is 12.1 Å². The van der Waals surface area contributed by atoms with Crippen LogP contribution in [0.15, 0.2) is 35.1 Å². The van der Waals surface area contributed by atoms with Crippen molar-refractivity contribution >= 4 is 0 Å². The van der Waals surface area contributed by atoms with Crippen LogP contribution in [0.25, 0.3) is 11.3 Å². The van der Waals surface area contributed by atoms with Gasteiger partial charge in [0.2, 0.25) is 0 Å². The third-order valence-corrected chi connectivity index (χ3v) is 3.28. The molecule has 0 spiro atoms. The quantitative estimate of drug-likeness (QED) is 0.520. The Balaban J connectivity index is 0.00000288. The summed E-state index contributed by atoms with van der Waals surface area (Å²) in [5.41, 5.74) is 0.916. The molecule has 0 saturated heterocycles. The maximum absolute atomic E-state index is 12.8. The summed E-state index contributed by atoms with van der Waals surface area (Å²) in [6.45, 7) is 1.82. The molecule has 1 aromatic heterocycles. The van der Waals surface area contributed by atoms with Crippen LogP contribution in [0.1, 0.15) is 5.56 Å². The first-order chi connectivity index (χ1) is 11.0. The molecular weight excluding hydrogens is 393 g/mol. The molecule has 127 valence electrons. The molecule has 0 N–H and O–H groups in total. The third kappa shape index (κ3) is 5.47. The molecule has 2 rings (SSSR count). The van der Waals surface area contributed by atoms with E-state index in [1.165, 1.54) is 6.07 Å². The summed E-state index contributed by atoms with van der Waals surface area (Å²) in [5, 5.41) is 0. The van der Waals surface area contributed by atoms with Crippen LogP contribution in [0.2, 0.25) is 0 Å². The number of aryl methyl sites for hydroxylation is 1. The Morgan fingerprint density at radius 2 is 1.88 bits per heavy atom. The Bertz CT molecular complexity index is 702. The van der Waals surface area contributed by atoms with Crippen LogP contribution in [0, 0.1) is 13.0 Å². The molecule has 1 heterocycles. The number of rotatable bonds is 7. The van der Waals surface area contributed by atoms with Gasteiger partial charge in [0.15, 0.2) is 5.56 Å². The standard InChI is InChI=1S/C17H18F2NO3.Y/c1-12-3-8-15(20(17(12)21)11-16(18)19)13-4-6-14(7-5-13)23-10-9-22-2;/h3-7,16H,9-11H2,1-2H3;/q-1;. The molecule has 7 heteroatoms. The first-order valence-corrected chi connectivity index (χ1v) is 7.15. The number of hydrogen-bond donors (Lipinski definition) is 0. The summed E-state index contributed by atoms with van der Waals surface area (Å²) in [7, 11) is 1.59. The van der Waals surface area contributed by atoms with Gasteiger partial charge in [-0.3, -0.25) is 4.79 Å². The fourth-order valence-corrected chi connectivity index (χ4v) is 2.13. The average Bonchev–Trinajstić information content (AvgIpc) is 2.53. The van der Waals surface area contributed by atoms with E-state index < -0.39 is 18.5 Å². The van der Waals surface area contributed by atoms with Crippen molar-refractivity contribution in [2.24, 2.45) is 0 Å². The van der Waals surface area contributed by atoms with Crippen LogP contribution in [-0.4, -0.2) is 31.3 Å². The summed E-state index contributed by atoms with van der Waals surface area (Å²) < 4.78 is 36.9. The number of benzene rings is 1. The van der Waals surface area contributed by atoms with E-state index in [2.05, 4.69) is 6.07 Å². The van der Waals surface area contributed by atoms with Gasteiger partial charge in [0.25, 0.3) is 6.43 Å². The van der Waals surface area contributed by atoms with E-state index in [1.807, 2.05) is 0 Å². The largest absolute Gasteiger partial charge is 0.491 e. The van der Waals surface area contributed by atoms with Crippen LogP contribution in [0.4, 0.5) is 8.78 Å². The Labute approximate surface area is 164 Å². The van der Waals surface area contributed by atoms with Crippen LogP contribution in [0.3, 0.4) is 0 Å². The number of nitrogens with zero attached hydrogens (tertiary/aromatic N) is 1. The molecule has 0 aliphatic rings. The first kappa shape index (κ1) is 20.9. The molecule has 0 fully saturated rings. The van der Waals surface area contributed by atoms with Crippen LogP contribution >= 0.6 is 0 Å². The van der Waals surface area contributed by atoms with Crippen molar-refractivity contribution in [1.29, 1.82) is 0 Å². The summed E-state index contributed by atoms with van der Waals surface area (Å²) in [6.07, 6.45) is -2.61. The maximum Gasteiger partial charge on any atom is 0.256 e. The van der Waals surface area contributed by atoms with Crippen molar-refractivity contribution in [2.75, 3.05) is 20.3 Å². The van der Waals surface area contributed by atoms with Crippen LogP contribution < -0.4 is 10.3 Å². The zero-order valence-electron chi connectivity index (χ0n) is 13.6. The predicted molar refractivity (Wildman–Crippen MR) is 83.1 cm³/mol. The second-order valence-electron chi connectivity index (χ2n) is 4.99. The van der Waals surface area contributed by atoms with Crippen molar-refractivity contribution in [2.45, 2.75) is 19.9 Å². The van der Waals surface area contributed by atoms with Gasteiger partial charge < -0.3 is 14.0 Å². The fraction of sp³-hybridized carbons (Fsp3) is 0.353. The molecule has 0 atom stereocenters. The number of pyridine rings is 1. The molecule has 1 aromatic carbocycles. The summed E-state index contributed by atoms with van der Waals surface area (Å²) in [6, 6.07) is 11.3. The monoisotopic (exact) mass is 411 g/mol. The molecule has 0 unspecified atom stereocenters. The molecule has 0 aliphatic carbocycles. The minimum Gasteiger partial charge on any atom is -0.491 e. The maximum atomic E-state index is 12.8. The predicted octanol–water partition coefficient (Wildman–Crippen LogP) is 2.91. The third-order valence-electron chi connectivity index (χ3n) is 3.28. The summed E-state index contributed by atoms with van der Waals surface area (Å²) >= 11 is 0. The molecule has 0 saturated carbocycles. The van der Waals surface area contributed by atoms with Crippen LogP contribution in [0.5, 0.6) is 5.75 Å². The Hall–Kier alpha value is -1.11. The van der Waals surface area contributed by atoms with E-state index in [9.17, 15) is 13.6 Å². The number of alkyl halides is 2. The topological polar surface area (TPSA) is 40.5 Å². The van der Waals surface area contributed by atoms with E-state index in [1.54, 1.807) is 38.3 Å². The Morgan fingerprint density at radius 3 is 2.46 bits per heavy atom. The molecular formula is C17H18F2NO3Y-. The number of aromatic nitrogens is 1. The molecule has 0 aliphatic heterocycles. The number of halogens is 2. The van der Waals surface area contributed by atoms with Gasteiger partial charge in [0.1, 0.15) is 12.4 Å². The average molecular weight is 411 g/mol. The molecule has 4 nitrogen and oxygen atoms in total. The number of hydrogen-bond acceptors (Lipinski definition) is 3. The number of methoxy groups -OCH3 is 1. The van der Waals surface area contributed by atoms with Crippen molar-refractivity contribution in [3.8, 4) is 17.0 Å². The van der Waals surface area contributed by atoms with E-state index >= 15 is 0 Å². The Morgan fingerprint density at radius 1 is 1.21 bits per heavy atom. The van der Waals surface area contributed by atoms with E-state index in [0.29, 0.717) is 35.8 Å². The second kappa shape index (κ2) is 10.0. The van der Waals surface area contributed by atoms with Gasteiger partial charge in [-0.1, -0.05) is 23.7 Å². The minimum atomic E-state index is -2.61. The van der Waals surface area contributed by atoms with E-state index in [4.69, 9.17) is 9.47 Å². The van der Waals surface area contributed by atoms with Gasteiger partial charge in [-0.15, -0.1) is 12.1 Å². The van der Waals surface area contributed by atoms with E-state index in [0.717, 1.165) is 4.57 Å². The van der Waals surface area contributed by atoms with Gasteiger partial charge in [-0.2, -0.15) is 12.1 Å². The zero-order valence-corrected chi connectivity index (χ0v) is 16.4. The molecule has 24 heavy (non-hydrogen) atoms. The van der Waals surface area contributed by atoms with Crippen molar-refractivity contribution in [1.82, 2.24) is 4.57 Å². The van der Waals surface area contributed by atoms with Crippen molar-refractivity contribution in [3.05, 3.63) is 52.3 Å². The van der Waals surface area contributed by atoms with Crippen molar-refractivity contribution in [3.63, 3.8) is 0 Å². The summed E-state index contributed by atoms with van der Waals surface area (Å²) in [5.74, 6) is 0.640. The Kier molecular flexibility index (Phi) is 8.74. The normalized spacial score (nSPS) is 10.5. The van der Waals surface area contributed by atoms with E-state index in [-0.39, 0.29) is 32.7 Å². The fourth-order valence-electron chi connectivity index (χ4n) is 2.13.